The third-order valence-corrected chi connectivity index (χ3v) is 9.96. The molecule has 1 N–H and O–H groups in total. The van der Waals surface area contributed by atoms with Gasteiger partial charge in [-0.25, -0.2) is 10.3 Å². The van der Waals surface area contributed by atoms with E-state index in [4.69, 9.17) is 9.57 Å². The van der Waals surface area contributed by atoms with Gasteiger partial charge in [-0.2, -0.15) is 10.2 Å². The molecule has 45 heavy (non-hydrogen) atoms. The Morgan fingerprint density at radius 2 is 1.20 bits per heavy atom. The van der Waals surface area contributed by atoms with Crippen LogP contribution in [-0.2, 0) is 19.2 Å². The number of esters is 1. The van der Waals surface area contributed by atoms with E-state index in [2.05, 4.69) is 64.2 Å². The van der Waals surface area contributed by atoms with Crippen LogP contribution in [0.15, 0.2) is 58.8 Å². The first-order chi connectivity index (χ1) is 20.4. The monoisotopic (exact) mass is 624 g/mol. The van der Waals surface area contributed by atoms with E-state index < -0.39 is 38.0 Å². The second-order valence-corrected chi connectivity index (χ2v) is 15.8. The molecule has 0 aliphatic carbocycles. The van der Waals surface area contributed by atoms with Gasteiger partial charge in [0, 0.05) is 12.1 Å². The van der Waals surface area contributed by atoms with E-state index in [1.807, 2.05) is 34.6 Å². The molecule has 2 aromatic carbocycles. The number of nitrogens with zero attached hydrogens (tertiary/aromatic N) is 3. The van der Waals surface area contributed by atoms with E-state index in [9.17, 15) is 19.7 Å². The molecule has 2 unspecified atom stereocenters. The van der Waals surface area contributed by atoms with Crippen molar-refractivity contribution in [2.75, 3.05) is 12.6 Å². The van der Waals surface area contributed by atoms with E-state index in [1.165, 1.54) is 31.4 Å². The molecule has 10 nitrogen and oxygen atoms in total. The van der Waals surface area contributed by atoms with Crippen LogP contribution < -0.4 is 5.48 Å². The van der Waals surface area contributed by atoms with Crippen molar-refractivity contribution >= 4 is 34.7 Å². The average molecular weight is 625 g/mol. The highest BCUT2D eigenvalue weighted by Crippen LogP contribution is 2.61. The number of ether oxygens (including phenoxy) is 1. The number of azo groups is 1. The van der Waals surface area contributed by atoms with Crippen molar-refractivity contribution in [2.45, 2.75) is 95.9 Å². The number of benzene rings is 2. The largest absolute Gasteiger partial charge is 0.469 e. The molecule has 0 fully saturated rings. The number of nitro groups is 1. The molecule has 0 radical (unpaired) electrons. The summed E-state index contributed by atoms with van der Waals surface area (Å²) < 4.78 is 5.36. The molecule has 0 saturated carbocycles. The molecule has 0 saturated heterocycles. The summed E-state index contributed by atoms with van der Waals surface area (Å²) in [7, 11) is 1.43. The minimum atomic E-state index is -0.932. The maximum absolute atomic E-state index is 13.9. The maximum atomic E-state index is 13.9. The van der Waals surface area contributed by atoms with Crippen molar-refractivity contribution in [1.82, 2.24) is 0 Å². The minimum Gasteiger partial charge on any atom is -0.469 e. The Labute approximate surface area is 268 Å². The van der Waals surface area contributed by atoms with Crippen LogP contribution in [0, 0.1) is 42.6 Å². The first kappa shape index (κ1) is 37.4. The Kier molecular flexibility index (Phi) is 11.0. The van der Waals surface area contributed by atoms with Gasteiger partial charge in [-0.15, -0.1) is 0 Å². The summed E-state index contributed by atoms with van der Waals surface area (Å²) in [5.74, 6) is -0.663. The lowest BCUT2D eigenvalue weighted by Gasteiger charge is -2.56. The summed E-state index contributed by atoms with van der Waals surface area (Å²) >= 11 is 0. The van der Waals surface area contributed by atoms with Crippen LogP contribution in [0.5, 0.6) is 0 Å². The van der Waals surface area contributed by atoms with Crippen molar-refractivity contribution < 1.29 is 24.1 Å². The molecule has 0 aromatic heterocycles. The van der Waals surface area contributed by atoms with Crippen LogP contribution in [-0.4, -0.2) is 24.0 Å². The van der Waals surface area contributed by atoms with Crippen LogP contribution in [0.25, 0.3) is 0 Å². The molecule has 248 valence electrons. The van der Waals surface area contributed by atoms with Crippen LogP contribution >= 0.6 is 0 Å². The van der Waals surface area contributed by atoms with Crippen LogP contribution in [0.4, 0.5) is 22.7 Å². The zero-order valence-electron chi connectivity index (χ0n) is 29.3. The third kappa shape index (κ3) is 8.47. The standard InChI is InChI=1S/C35H52N4O6/c1-30(2,3)22-35(12,28(40)44-13)33(9,10)32(7,8)23-34(11,31(4,5)6)29(41)45-38-26-16-14-24(15-17-26)36-37-25-18-20-27(21-19-25)39(42)43/h14-21,38H,22-23H2,1-13H3. The van der Waals surface area contributed by atoms with E-state index in [-0.39, 0.29) is 17.1 Å². The second kappa shape index (κ2) is 13.3. The minimum absolute atomic E-state index is 0.0195. The normalized spacial score (nSPS) is 15.6. The van der Waals surface area contributed by atoms with E-state index in [1.54, 1.807) is 24.3 Å². The van der Waals surface area contributed by atoms with Gasteiger partial charge in [0.25, 0.3) is 5.69 Å². The zero-order valence-corrected chi connectivity index (χ0v) is 29.3. The molecule has 2 atom stereocenters. The van der Waals surface area contributed by atoms with Gasteiger partial charge in [0.05, 0.1) is 39.9 Å². The van der Waals surface area contributed by atoms with Gasteiger partial charge >= 0.3 is 11.9 Å². The Bertz CT molecular complexity index is 1390. The maximum Gasteiger partial charge on any atom is 0.338 e. The van der Waals surface area contributed by atoms with Crippen molar-refractivity contribution in [3.05, 3.63) is 58.6 Å². The van der Waals surface area contributed by atoms with Crippen LogP contribution in [0.2, 0.25) is 0 Å². The third-order valence-electron chi connectivity index (χ3n) is 9.96. The van der Waals surface area contributed by atoms with Gasteiger partial charge in [0.15, 0.2) is 0 Å². The Morgan fingerprint density at radius 1 is 0.733 bits per heavy atom. The number of hydrogen-bond donors (Lipinski definition) is 1. The van der Waals surface area contributed by atoms with Crippen LogP contribution in [0.1, 0.15) is 95.9 Å². The summed E-state index contributed by atoms with van der Waals surface area (Å²) in [5, 5.41) is 19.1. The molecule has 2 rings (SSSR count). The Balaban J connectivity index is 2.26. The number of carbonyl (C=O) groups excluding carboxylic acids is 2. The first-order valence-electron chi connectivity index (χ1n) is 15.2. The summed E-state index contributed by atoms with van der Waals surface area (Å²) in [5.41, 5.74) is 0.930. The summed E-state index contributed by atoms with van der Waals surface area (Å²) in [6, 6.07) is 12.6. The summed E-state index contributed by atoms with van der Waals surface area (Å²) in [4.78, 5) is 43.4. The molecule has 0 aliphatic rings. The zero-order chi connectivity index (χ0) is 34.6. The highest BCUT2D eigenvalue weighted by atomic mass is 16.7. The highest BCUT2D eigenvalue weighted by Gasteiger charge is 2.60. The number of non-ortho nitro benzene ring substituents is 1. The predicted octanol–water partition coefficient (Wildman–Crippen LogP) is 9.99. The van der Waals surface area contributed by atoms with Crippen LogP contribution in [0.3, 0.4) is 0 Å². The van der Waals surface area contributed by atoms with Gasteiger partial charge < -0.3 is 9.57 Å². The molecule has 0 spiro atoms. The number of methoxy groups -OCH3 is 1. The topological polar surface area (TPSA) is 132 Å². The summed E-state index contributed by atoms with van der Waals surface area (Å²) in [6.07, 6.45) is 1.07. The summed E-state index contributed by atoms with van der Waals surface area (Å²) in [6.45, 7) is 24.8. The number of nitro benzene ring substituents is 1. The Hall–Kier alpha value is -3.82. The number of carbonyl (C=O) groups is 2. The molecule has 2 aromatic rings. The van der Waals surface area contributed by atoms with Crippen molar-refractivity contribution in [2.24, 2.45) is 42.7 Å². The fourth-order valence-electron chi connectivity index (χ4n) is 5.90. The lowest BCUT2D eigenvalue weighted by Crippen LogP contribution is -2.55. The van der Waals surface area contributed by atoms with E-state index in [0.29, 0.717) is 29.9 Å². The fraction of sp³-hybridized carbons (Fsp3) is 0.600. The first-order valence-corrected chi connectivity index (χ1v) is 15.2. The SMILES string of the molecule is COC(=O)C(C)(CC(C)(C)C)C(C)(C)C(C)(C)CC(C)(C(=O)ONc1ccc(N=Nc2ccc([N+](=O)[O-])cc2)cc1)C(C)(C)C. The fourth-order valence-corrected chi connectivity index (χ4v) is 5.90. The van der Waals surface area contributed by atoms with E-state index in [0.717, 1.165) is 0 Å². The molecular formula is C35H52N4O6. The van der Waals surface area contributed by atoms with Gasteiger partial charge in [-0.05, 0) is 84.7 Å². The number of nitrogens with one attached hydrogen (secondary N) is 1. The lowest BCUT2D eigenvalue weighted by atomic mass is 9.47. The van der Waals surface area contributed by atoms with Gasteiger partial charge in [-0.3, -0.25) is 14.9 Å². The number of rotatable bonds is 12. The van der Waals surface area contributed by atoms with E-state index >= 15 is 0 Å². The molecule has 0 aliphatic heterocycles. The Morgan fingerprint density at radius 3 is 1.60 bits per heavy atom. The lowest BCUT2D eigenvalue weighted by molar-refractivity contribution is -0.384. The highest BCUT2D eigenvalue weighted by molar-refractivity contribution is 5.79. The second-order valence-electron chi connectivity index (χ2n) is 15.8. The molecule has 0 heterocycles. The van der Waals surface area contributed by atoms with Crippen molar-refractivity contribution in [3.63, 3.8) is 0 Å². The molecule has 0 amide bonds. The van der Waals surface area contributed by atoms with Crippen molar-refractivity contribution in [3.8, 4) is 0 Å². The molecule has 0 bridgehead atoms. The average Bonchev–Trinajstić information content (AvgIpc) is 2.92. The smallest absolute Gasteiger partial charge is 0.338 e. The number of hydrogen-bond acceptors (Lipinski definition) is 9. The van der Waals surface area contributed by atoms with Crippen molar-refractivity contribution in [1.29, 1.82) is 0 Å². The number of anilines is 1. The quantitative estimate of drug-likeness (QED) is 0.107. The van der Waals surface area contributed by atoms with Gasteiger partial charge in [-0.1, -0.05) is 69.2 Å². The molecule has 10 heteroatoms. The predicted molar refractivity (Wildman–Crippen MR) is 177 cm³/mol. The van der Waals surface area contributed by atoms with Gasteiger partial charge in [0.1, 0.15) is 0 Å². The molecular weight excluding hydrogens is 572 g/mol. The van der Waals surface area contributed by atoms with Gasteiger partial charge in [0.2, 0.25) is 0 Å².